The van der Waals surface area contributed by atoms with E-state index in [1.54, 1.807) is 35.4 Å². The first-order chi connectivity index (χ1) is 13.8. The van der Waals surface area contributed by atoms with Gasteiger partial charge >= 0.3 is 0 Å². The van der Waals surface area contributed by atoms with Gasteiger partial charge in [0.1, 0.15) is 6.04 Å². The van der Waals surface area contributed by atoms with Crippen LogP contribution in [0.2, 0.25) is 0 Å². The molecule has 1 N–H and O–H groups in total. The molecule has 0 aliphatic carbocycles. The molecule has 1 unspecified atom stereocenters. The summed E-state index contributed by atoms with van der Waals surface area (Å²) in [5.41, 5.74) is 0.827. The van der Waals surface area contributed by atoms with Gasteiger partial charge in [-0.3, -0.25) is 19.3 Å². The van der Waals surface area contributed by atoms with Gasteiger partial charge in [-0.25, -0.2) is 4.98 Å². The summed E-state index contributed by atoms with van der Waals surface area (Å²) < 4.78 is 6.88. The first-order valence-electron chi connectivity index (χ1n) is 9.14. The highest BCUT2D eigenvalue weighted by molar-refractivity contribution is 5.96. The predicted molar refractivity (Wildman–Crippen MR) is 104 cm³/mol. The number of oxazole rings is 1. The Labute approximate surface area is 168 Å². The van der Waals surface area contributed by atoms with E-state index in [0.29, 0.717) is 12.1 Å². The minimum Gasteiger partial charge on any atom is -0.438 e. The van der Waals surface area contributed by atoms with Crippen LogP contribution in [-0.2, 0) is 18.4 Å². The summed E-state index contributed by atoms with van der Waals surface area (Å²) in [6.45, 7) is 5.89. The number of aryl methyl sites for hydroxylation is 1. The molecule has 3 rings (SSSR count). The molecule has 0 aliphatic rings. The number of hydrogen-bond acceptors (Lipinski definition) is 6. The molecule has 9 nitrogen and oxygen atoms in total. The molecule has 3 aromatic heterocycles. The number of amides is 2. The molecule has 0 spiro atoms. The highest BCUT2D eigenvalue weighted by atomic mass is 16.3. The van der Waals surface area contributed by atoms with Crippen LogP contribution >= 0.6 is 0 Å². The standard InChI is InChI=1S/C20H24N6O3/c1-20(2,3)26(19(28)16-11-22-13-29-16)17(15-5-7-21-8-6-15)18(27)23-9-14-10-24-25(4)12-14/h5-8,10-13,17H,9H2,1-4H3,(H,23,27). The van der Waals surface area contributed by atoms with E-state index in [1.165, 1.54) is 17.5 Å². The van der Waals surface area contributed by atoms with Crippen LogP contribution in [0.25, 0.3) is 0 Å². The molecule has 3 heterocycles. The molecule has 0 radical (unpaired) electrons. The van der Waals surface area contributed by atoms with Gasteiger partial charge in [-0.05, 0) is 38.5 Å². The molecule has 3 aromatic rings. The first-order valence-corrected chi connectivity index (χ1v) is 9.14. The maximum absolute atomic E-state index is 13.3. The van der Waals surface area contributed by atoms with E-state index in [-0.39, 0.29) is 11.7 Å². The van der Waals surface area contributed by atoms with Crippen molar-refractivity contribution < 1.29 is 14.0 Å². The average molecular weight is 396 g/mol. The van der Waals surface area contributed by atoms with E-state index in [0.717, 1.165) is 5.56 Å². The lowest BCUT2D eigenvalue weighted by atomic mass is 9.97. The van der Waals surface area contributed by atoms with Gasteiger partial charge in [-0.15, -0.1) is 0 Å². The van der Waals surface area contributed by atoms with Crippen LogP contribution in [0.1, 0.15) is 48.5 Å². The van der Waals surface area contributed by atoms with Crippen LogP contribution in [0.4, 0.5) is 0 Å². The van der Waals surface area contributed by atoms with E-state index in [1.807, 2.05) is 34.0 Å². The van der Waals surface area contributed by atoms with Gasteiger partial charge in [0, 0.05) is 43.3 Å². The summed E-state index contributed by atoms with van der Waals surface area (Å²) in [7, 11) is 1.81. The number of carbonyl (C=O) groups excluding carboxylic acids is 2. The summed E-state index contributed by atoms with van der Waals surface area (Å²) in [6, 6.07) is 2.56. The Balaban J connectivity index is 1.96. The molecular weight excluding hydrogens is 372 g/mol. The number of nitrogens with zero attached hydrogens (tertiary/aromatic N) is 5. The zero-order chi connectivity index (χ0) is 21.0. The smallest absolute Gasteiger partial charge is 0.292 e. The molecule has 152 valence electrons. The maximum Gasteiger partial charge on any atom is 0.292 e. The fourth-order valence-corrected chi connectivity index (χ4v) is 3.06. The van der Waals surface area contributed by atoms with Crippen molar-refractivity contribution in [2.24, 2.45) is 7.05 Å². The van der Waals surface area contributed by atoms with E-state index >= 15 is 0 Å². The molecule has 1 atom stereocenters. The molecule has 9 heteroatoms. The van der Waals surface area contributed by atoms with Crippen molar-refractivity contribution in [3.05, 3.63) is 66.4 Å². The van der Waals surface area contributed by atoms with Gasteiger partial charge in [0.25, 0.3) is 5.91 Å². The topological polar surface area (TPSA) is 106 Å². The zero-order valence-electron chi connectivity index (χ0n) is 16.9. The normalized spacial score (nSPS) is 12.4. The molecular formula is C20H24N6O3. The summed E-state index contributed by atoms with van der Waals surface area (Å²) in [5, 5.41) is 7.02. The van der Waals surface area contributed by atoms with Crippen LogP contribution in [0.3, 0.4) is 0 Å². The lowest BCUT2D eigenvalue weighted by Crippen LogP contribution is -2.52. The average Bonchev–Trinajstić information content (AvgIpc) is 3.35. The second-order valence-electron chi connectivity index (χ2n) is 7.63. The van der Waals surface area contributed by atoms with Gasteiger partial charge in [0.05, 0.1) is 12.4 Å². The fraction of sp³-hybridized carbons (Fsp3) is 0.350. The van der Waals surface area contributed by atoms with Crippen molar-refractivity contribution in [1.82, 2.24) is 30.0 Å². The monoisotopic (exact) mass is 396 g/mol. The minimum atomic E-state index is -0.882. The lowest BCUT2D eigenvalue weighted by molar-refractivity contribution is -0.127. The molecule has 2 amide bonds. The Bertz CT molecular complexity index is 960. The largest absolute Gasteiger partial charge is 0.438 e. The van der Waals surface area contributed by atoms with E-state index in [9.17, 15) is 9.59 Å². The zero-order valence-corrected chi connectivity index (χ0v) is 16.9. The van der Waals surface area contributed by atoms with Gasteiger partial charge < -0.3 is 14.6 Å². The molecule has 0 fully saturated rings. The molecule has 0 bridgehead atoms. The van der Waals surface area contributed by atoms with Crippen LogP contribution in [0, 0.1) is 0 Å². The van der Waals surface area contributed by atoms with Crippen LogP contribution < -0.4 is 5.32 Å². The summed E-state index contributed by atoms with van der Waals surface area (Å²) >= 11 is 0. The second kappa shape index (κ2) is 8.26. The third kappa shape index (κ3) is 4.68. The van der Waals surface area contributed by atoms with Crippen LogP contribution in [0.5, 0.6) is 0 Å². The number of hydrogen-bond donors (Lipinski definition) is 1. The highest BCUT2D eigenvalue weighted by Gasteiger charge is 2.40. The van der Waals surface area contributed by atoms with Crippen molar-refractivity contribution >= 4 is 11.8 Å². The van der Waals surface area contributed by atoms with Crippen molar-refractivity contribution in [1.29, 1.82) is 0 Å². The third-order valence-corrected chi connectivity index (χ3v) is 4.34. The molecule has 0 saturated heterocycles. The predicted octanol–water partition coefficient (Wildman–Crippen LogP) is 2.10. The first kappa shape index (κ1) is 20.2. The number of aromatic nitrogens is 4. The maximum atomic E-state index is 13.3. The number of carbonyl (C=O) groups is 2. The Morgan fingerprint density at radius 3 is 2.48 bits per heavy atom. The van der Waals surface area contributed by atoms with Gasteiger partial charge in [0.15, 0.2) is 6.39 Å². The Morgan fingerprint density at radius 1 is 1.21 bits per heavy atom. The van der Waals surface area contributed by atoms with Crippen molar-refractivity contribution in [3.63, 3.8) is 0 Å². The van der Waals surface area contributed by atoms with Gasteiger partial charge in [0.2, 0.25) is 11.7 Å². The minimum absolute atomic E-state index is 0.0686. The summed E-state index contributed by atoms with van der Waals surface area (Å²) in [5.74, 6) is -0.671. The summed E-state index contributed by atoms with van der Waals surface area (Å²) in [4.78, 5) is 35.9. The van der Waals surface area contributed by atoms with Crippen molar-refractivity contribution in [2.45, 2.75) is 38.9 Å². The lowest BCUT2D eigenvalue weighted by Gasteiger charge is -2.40. The number of rotatable bonds is 6. The summed E-state index contributed by atoms with van der Waals surface area (Å²) in [6.07, 6.45) is 9.23. The van der Waals surface area contributed by atoms with E-state index < -0.39 is 17.5 Å². The van der Waals surface area contributed by atoms with E-state index in [2.05, 4.69) is 20.4 Å². The SMILES string of the molecule is Cn1cc(CNC(=O)C(c2ccncc2)N(C(=O)c2cnco2)C(C)(C)C)cn1. The Morgan fingerprint density at radius 2 is 1.93 bits per heavy atom. The Hall–Kier alpha value is -3.49. The quantitative estimate of drug-likeness (QED) is 0.684. The fourth-order valence-electron chi connectivity index (χ4n) is 3.06. The molecule has 29 heavy (non-hydrogen) atoms. The van der Waals surface area contributed by atoms with Crippen LogP contribution in [-0.4, -0.2) is 42.0 Å². The molecule has 0 aliphatic heterocycles. The van der Waals surface area contributed by atoms with Crippen molar-refractivity contribution in [3.8, 4) is 0 Å². The van der Waals surface area contributed by atoms with Crippen molar-refractivity contribution in [2.75, 3.05) is 0 Å². The van der Waals surface area contributed by atoms with Gasteiger partial charge in [-0.1, -0.05) is 0 Å². The van der Waals surface area contributed by atoms with Gasteiger partial charge in [-0.2, -0.15) is 5.10 Å². The number of nitrogens with one attached hydrogen (secondary N) is 1. The number of pyridine rings is 1. The third-order valence-electron chi connectivity index (χ3n) is 4.34. The molecule has 0 aromatic carbocycles. The highest BCUT2D eigenvalue weighted by Crippen LogP contribution is 2.30. The Kier molecular flexibility index (Phi) is 5.76. The van der Waals surface area contributed by atoms with E-state index in [4.69, 9.17) is 4.42 Å². The molecule has 0 saturated carbocycles. The second-order valence-corrected chi connectivity index (χ2v) is 7.63. The van der Waals surface area contributed by atoms with Crippen LogP contribution in [0.15, 0.2) is 53.9 Å².